The molecule has 5 amide bonds. The van der Waals surface area contributed by atoms with Crippen molar-refractivity contribution in [1.82, 2.24) is 21.3 Å². The van der Waals surface area contributed by atoms with Crippen LogP contribution in [0.2, 0.25) is 0 Å². The fraction of sp³-hybridized carbons (Fsp3) is 0.743. The van der Waals surface area contributed by atoms with Crippen LogP contribution in [0.3, 0.4) is 0 Å². The van der Waals surface area contributed by atoms with Gasteiger partial charge in [0.2, 0.25) is 29.5 Å². The largest absolute Gasteiger partial charge is 0.481 e. The van der Waals surface area contributed by atoms with Crippen LogP contribution in [0, 0.1) is 47.8 Å². The molecule has 1 unspecified atom stereocenters. The molecule has 29 heteroatoms. The molecule has 12 N–H and O–H groups in total. The number of carboxylic acid groups (broad SMARTS) is 2. The van der Waals surface area contributed by atoms with Crippen molar-refractivity contribution in [3.63, 3.8) is 0 Å². The highest BCUT2D eigenvalue weighted by molar-refractivity contribution is 7.85. The quantitative estimate of drug-likeness (QED) is 0.0130. The van der Waals surface area contributed by atoms with Crippen molar-refractivity contribution in [1.29, 1.82) is 5.41 Å². The minimum Gasteiger partial charge on any atom is -0.481 e. The molecule has 0 aliphatic heterocycles. The predicted molar refractivity (Wildman–Crippen MR) is 388 cm³/mol. The average Bonchev–Trinajstić information content (AvgIpc) is 0.847. The second kappa shape index (κ2) is 56.5. The van der Waals surface area contributed by atoms with Crippen molar-refractivity contribution < 1.29 is 99.7 Å². The number of aliphatic carboxylic acids is 2. The van der Waals surface area contributed by atoms with Crippen molar-refractivity contribution >= 4 is 86.3 Å². The lowest BCUT2D eigenvalue weighted by atomic mass is 9.78. The number of hydrogen-bond acceptors (Lipinski definition) is 19. The number of aryl methyl sites for hydroxylation is 1. The Morgan fingerprint density at radius 3 is 1.62 bits per heavy atom. The Morgan fingerprint density at radius 1 is 0.485 bits per heavy atom. The summed E-state index contributed by atoms with van der Waals surface area (Å²) in [7, 11) is -3.87. The lowest BCUT2D eigenvalue weighted by Crippen LogP contribution is -2.44. The summed E-state index contributed by atoms with van der Waals surface area (Å²) in [5.41, 5.74) is 13.1. The molecule has 0 fully saturated rings. The fourth-order valence-electron chi connectivity index (χ4n) is 11.8. The summed E-state index contributed by atoms with van der Waals surface area (Å²) < 4.78 is 52.0. The maximum absolute atomic E-state index is 14.0. The fourth-order valence-corrected chi connectivity index (χ4v) is 12.3. The number of carbonyl (C=O) groups is 12. The number of primary amides is 1. The van der Waals surface area contributed by atoms with Gasteiger partial charge in [-0.1, -0.05) is 134 Å². The van der Waals surface area contributed by atoms with Gasteiger partial charge < -0.3 is 61.9 Å². The van der Waals surface area contributed by atoms with Gasteiger partial charge in [-0.25, -0.2) is 4.79 Å². The normalized spacial score (nSPS) is 13.5. The molecule has 1 aromatic carbocycles. The number of amides is 5. The minimum atomic E-state index is -3.87. The molecule has 0 bridgehead atoms. The van der Waals surface area contributed by atoms with Crippen molar-refractivity contribution in [2.75, 3.05) is 71.7 Å². The SMILES string of the molecule is Cc1ccc(C[C@H](CC(=O)[C@H](CCCCC(=N)N)C(C)C(=O)[C@H](C)NC(=O)C[C@H](CC(=O)[C@H](CCCCNC(=O)COCCOCCCC(=O)COCCOCCNC(=O)CC[C@H](NC(=O)CCCCCCCCCCCCCCCS(=O)(=O)O)C(=O)O)CC(=O)CC(C)C)C(=O)O)C(N)=O)cc1. The monoisotopic (exact) mass is 1480 g/mol. The molecule has 0 spiro atoms. The van der Waals surface area contributed by atoms with Gasteiger partial charge in [-0.3, -0.25) is 62.7 Å². The summed E-state index contributed by atoms with van der Waals surface area (Å²) in [6.45, 7) is 9.63. The Kier molecular flexibility index (Phi) is 51.6. The second-order valence-corrected chi connectivity index (χ2v) is 29.1. The Balaban J connectivity index is 2.37. The number of ketones is 5. The zero-order chi connectivity index (χ0) is 77.0. The van der Waals surface area contributed by atoms with Crippen molar-refractivity contribution in [2.24, 2.45) is 47.0 Å². The highest BCUT2D eigenvalue weighted by Gasteiger charge is 2.36. The van der Waals surface area contributed by atoms with Gasteiger partial charge in [0.15, 0.2) is 11.6 Å². The molecule has 28 nitrogen and oxygen atoms in total. The van der Waals surface area contributed by atoms with Crippen molar-refractivity contribution in [2.45, 2.75) is 246 Å². The summed E-state index contributed by atoms with van der Waals surface area (Å²) in [5, 5.41) is 37.8. The molecule has 1 rings (SSSR count). The highest BCUT2D eigenvalue weighted by atomic mass is 32.2. The number of benzene rings is 1. The van der Waals surface area contributed by atoms with Crippen LogP contribution in [-0.4, -0.2) is 183 Å². The summed E-state index contributed by atoms with van der Waals surface area (Å²) >= 11 is 0. The van der Waals surface area contributed by atoms with Gasteiger partial charge in [-0.05, 0) is 83.1 Å². The van der Waals surface area contributed by atoms with Crippen LogP contribution in [0.4, 0.5) is 0 Å². The Morgan fingerprint density at radius 2 is 1.04 bits per heavy atom. The standard InChI is InChI=1S/C74H123N7O21S/c1-52(2)44-61(83)46-57(64(84)48-59(73(92)93)49-69(88)80-55(5)71(90)54(4)62(26-18-19-27-66(75)76)65(85)47-58(72(77)91)45-56-31-29-53(3)30-32-56)24-20-21-35-78-70(89)51-102-42-39-99-37-23-25-60(82)50-101-41-40-100-38-36-79-67(86)34-33-63(74(94)95)81-68(87)28-17-15-13-11-9-7-6-8-10-12-14-16-22-43-103(96,97)98/h29-32,52,54-55,57-59,62-63H,6-28,33-51H2,1-5H3,(H3,75,76)(H2,77,91)(H,78,89)(H,79,86)(H,80,88)(H,81,87)(H,92,93)(H,94,95)(H,96,97,98)/t54?,55-,57+,58+,59-,62+,63-/m0/s1. The second-order valence-electron chi connectivity index (χ2n) is 27.6. The first-order valence-corrected chi connectivity index (χ1v) is 38.6. The third-order valence-electron chi connectivity index (χ3n) is 17.7. The summed E-state index contributed by atoms with van der Waals surface area (Å²) in [6, 6.07) is 5.10. The first kappa shape index (κ1) is 94.1. The number of carbonyl (C=O) groups excluding carboxylic acids is 10. The van der Waals surface area contributed by atoms with Gasteiger partial charge in [0.25, 0.3) is 10.1 Å². The van der Waals surface area contributed by atoms with Gasteiger partial charge >= 0.3 is 11.9 Å². The van der Waals surface area contributed by atoms with E-state index in [1.54, 1.807) is 6.92 Å². The zero-order valence-corrected chi connectivity index (χ0v) is 62.7. The molecule has 103 heavy (non-hydrogen) atoms. The van der Waals surface area contributed by atoms with Crippen molar-refractivity contribution in [3.8, 4) is 0 Å². The number of hydrogen-bond donors (Lipinski definition) is 10. The predicted octanol–water partition coefficient (Wildman–Crippen LogP) is 7.61. The van der Waals surface area contributed by atoms with Crippen molar-refractivity contribution in [3.05, 3.63) is 35.4 Å². The first-order chi connectivity index (χ1) is 48.9. The van der Waals surface area contributed by atoms with Gasteiger partial charge in [0.05, 0.1) is 56.6 Å². The van der Waals surface area contributed by atoms with Gasteiger partial charge in [-0.15, -0.1) is 0 Å². The Labute approximate surface area is 609 Å². The van der Waals surface area contributed by atoms with Gasteiger partial charge in [0.1, 0.15) is 36.6 Å². The zero-order valence-electron chi connectivity index (χ0n) is 61.9. The van der Waals surface area contributed by atoms with E-state index >= 15 is 0 Å². The van der Waals surface area contributed by atoms with Crippen LogP contribution in [0.15, 0.2) is 24.3 Å². The molecule has 0 saturated heterocycles. The molecule has 0 aliphatic carbocycles. The topological polar surface area (TPSA) is 461 Å². The highest BCUT2D eigenvalue weighted by Crippen LogP contribution is 2.28. The third kappa shape index (κ3) is 50.2. The molecule has 0 heterocycles. The third-order valence-corrected chi connectivity index (χ3v) is 18.5. The molecule has 0 aliphatic rings. The number of carboxylic acids is 2. The number of ether oxygens (including phenoxy) is 4. The molecule has 0 radical (unpaired) electrons. The first-order valence-electron chi connectivity index (χ1n) is 37.0. The van der Waals surface area contributed by atoms with E-state index in [0.29, 0.717) is 44.9 Å². The molecular weight excluding hydrogens is 1350 g/mol. The Hall–Kier alpha value is -6.92. The summed E-state index contributed by atoms with van der Waals surface area (Å²) in [5.74, 6) is -12.2. The van der Waals surface area contributed by atoms with Gasteiger partial charge in [-0.2, -0.15) is 8.42 Å². The van der Waals surface area contributed by atoms with Crippen LogP contribution in [0.5, 0.6) is 0 Å². The van der Waals surface area contributed by atoms with E-state index in [1.165, 1.54) is 6.92 Å². The van der Waals surface area contributed by atoms with E-state index < -0.39 is 112 Å². The van der Waals surface area contributed by atoms with E-state index in [2.05, 4.69) is 21.3 Å². The molecule has 1 aromatic rings. The number of rotatable bonds is 68. The molecule has 7 atom stereocenters. The van der Waals surface area contributed by atoms with Crippen LogP contribution in [-0.2, 0) is 93.0 Å². The number of unbranched alkanes of at least 4 members (excludes halogenated alkanes) is 14. The average molecular weight is 1480 g/mol. The number of amidine groups is 1. The van der Waals surface area contributed by atoms with Gasteiger partial charge in [0, 0.05) is 101 Å². The Bertz CT molecular complexity index is 2860. The molecule has 0 saturated carbocycles. The van der Waals surface area contributed by atoms with Crippen LogP contribution in [0.25, 0.3) is 0 Å². The van der Waals surface area contributed by atoms with Crippen LogP contribution < -0.4 is 32.7 Å². The number of Topliss-reactive ketones (excluding diaryl/α,β-unsaturated/α-hetero) is 5. The number of nitrogens with two attached hydrogens (primary N) is 2. The maximum atomic E-state index is 14.0. The lowest BCUT2D eigenvalue weighted by molar-refractivity contribution is -0.146. The minimum absolute atomic E-state index is 0.00545. The van der Waals surface area contributed by atoms with E-state index in [-0.39, 0.29) is 177 Å². The molecule has 0 aromatic heterocycles. The van der Waals surface area contributed by atoms with E-state index in [4.69, 9.17) is 40.4 Å². The van der Waals surface area contributed by atoms with E-state index in [9.17, 15) is 76.2 Å². The summed E-state index contributed by atoms with van der Waals surface area (Å²) in [6.07, 6.45) is 14.4. The van der Waals surface area contributed by atoms with E-state index in [1.807, 2.05) is 45.0 Å². The lowest BCUT2D eigenvalue weighted by Gasteiger charge is -2.26. The summed E-state index contributed by atoms with van der Waals surface area (Å²) in [4.78, 5) is 155. The smallest absolute Gasteiger partial charge is 0.326 e. The van der Waals surface area contributed by atoms with E-state index in [0.717, 1.165) is 81.8 Å². The molecule has 586 valence electrons. The van der Waals surface area contributed by atoms with Crippen LogP contribution >= 0.6 is 0 Å². The van der Waals surface area contributed by atoms with Crippen LogP contribution in [0.1, 0.15) is 231 Å². The number of nitrogens with one attached hydrogen (secondary N) is 5. The maximum Gasteiger partial charge on any atom is 0.326 e. The molecular formula is C74H123N7O21S.